The molecular weight excluding hydrogens is 192 g/mol. The van der Waals surface area contributed by atoms with Crippen LogP contribution in [0.5, 0.6) is 0 Å². The highest BCUT2D eigenvalue weighted by atomic mass is 16.5. The van der Waals surface area contributed by atoms with Crippen molar-refractivity contribution in [2.45, 2.75) is 20.8 Å². The summed E-state index contributed by atoms with van der Waals surface area (Å²) >= 11 is 0. The number of rotatable bonds is 5. The predicted octanol–water partition coefficient (Wildman–Crippen LogP) is 2.20. The van der Waals surface area contributed by atoms with Crippen LogP contribution < -0.4 is 0 Å². The first-order valence-corrected chi connectivity index (χ1v) is 4.66. The lowest BCUT2D eigenvalue weighted by Gasteiger charge is -1.96. The Bertz CT molecular complexity index is 309. The van der Waals surface area contributed by atoms with Crippen molar-refractivity contribution in [3.8, 4) is 0 Å². The number of esters is 1. The molecule has 0 heterocycles. The van der Waals surface area contributed by atoms with E-state index in [1.54, 1.807) is 25.2 Å². The van der Waals surface area contributed by atoms with Gasteiger partial charge >= 0.3 is 5.97 Å². The van der Waals surface area contributed by atoms with Crippen LogP contribution in [0.3, 0.4) is 0 Å². The van der Waals surface area contributed by atoms with Crippen LogP contribution in [0.2, 0.25) is 0 Å². The fraction of sp³-hybridized carbons (Fsp3) is 0.333. The maximum absolute atomic E-state index is 10.4. The van der Waals surface area contributed by atoms with Crippen LogP contribution in [0.15, 0.2) is 35.5 Å². The Hall–Kier alpha value is -1.64. The van der Waals surface area contributed by atoms with E-state index in [2.05, 4.69) is 0 Å². The Morgan fingerprint density at radius 2 is 1.87 bits per heavy atom. The number of carbonyl (C=O) groups excluding carboxylic acids is 2. The lowest BCUT2D eigenvalue weighted by atomic mass is 10.2. The largest absolute Gasteiger partial charge is 0.462 e. The van der Waals surface area contributed by atoms with Gasteiger partial charge in [-0.05, 0) is 25.5 Å². The lowest BCUT2D eigenvalue weighted by molar-refractivity contribution is -0.139. The third-order valence-corrected chi connectivity index (χ3v) is 1.60. The number of aldehydes is 1. The lowest BCUT2D eigenvalue weighted by Crippen LogP contribution is -1.97. The quantitative estimate of drug-likeness (QED) is 0.301. The van der Waals surface area contributed by atoms with Crippen LogP contribution in [0, 0.1) is 0 Å². The highest BCUT2D eigenvalue weighted by Gasteiger charge is 1.88. The minimum Gasteiger partial charge on any atom is -0.462 e. The summed E-state index contributed by atoms with van der Waals surface area (Å²) in [5.74, 6) is -0.292. The van der Waals surface area contributed by atoms with Gasteiger partial charge in [0.25, 0.3) is 0 Å². The molecule has 0 N–H and O–H groups in total. The molecule has 0 saturated heterocycles. The SMILES string of the molecule is CC(=O)OC/C=C(C)/C=C/C=C(\C)C=O. The molecule has 0 amide bonds. The van der Waals surface area contributed by atoms with E-state index < -0.39 is 0 Å². The highest BCUT2D eigenvalue weighted by molar-refractivity contribution is 5.72. The van der Waals surface area contributed by atoms with Crippen LogP contribution in [0.4, 0.5) is 0 Å². The van der Waals surface area contributed by atoms with E-state index in [1.165, 1.54) is 6.92 Å². The Morgan fingerprint density at radius 3 is 2.40 bits per heavy atom. The molecule has 0 aromatic heterocycles. The van der Waals surface area contributed by atoms with Crippen LogP contribution >= 0.6 is 0 Å². The average molecular weight is 208 g/mol. The van der Waals surface area contributed by atoms with Crippen molar-refractivity contribution in [1.82, 2.24) is 0 Å². The van der Waals surface area contributed by atoms with Gasteiger partial charge in [-0.1, -0.05) is 23.8 Å². The number of hydrogen-bond donors (Lipinski definition) is 0. The third-order valence-electron chi connectivity index (χ3n) is 1.60. The first-order valence-electron chi connectivity index (χ1n) is 4.66. The second-order valence-corrected chi connectivity index (χ2v) is 3.14. The molecule has 0 unspecified atom stereocenters. The van der Waals surface area contributed by atoms with Crippen molar-refractivity contribution in [2.24, 2.45) is 0 Å². The van der Waals surface area contributed by atoms with Gasteiger partial charge in [0, 0.05) is 6.92 Å². The van der Waals surface area contributed by atoms with Crippen molar-refractivity contribution >= 4 is 12.3 Å². The van der Waals surface area contributed by atoms with E-state index in [1.807, 2.05) is 13.0 Å². The molecule has 0 bridgehead atoms. The molecule has 3 nitrogen and oxygen atoms in total. The summed E-state index contributed by atoms with van der Waals surface area (Å²) in [7, 11) is 0. The summed E-state index contributed by atoms with van der Waals surface area (Å²) in [5, 5.41) is 0. The molecular formula is C12H16O3. The van der Waals surface area contributed by atoms with E-state index in [9.17, 15) is 9.59 Å². The summed E-state index contributed by atoms with van der Waals surface area (Å²) in [6, 6.07) is 0. The van der Waals surface area contributed by atoms with Gasteiger partial charge in [-0.25, -0.2) is 0 Å². The van der Waals surface area contributed by atoms with Gasteiger partial charge in [0.2, 0.25) is 0 Å². The second kappa shape index (κ2) is 7.74. The van der Waals surface area contributed by atoms with Gasteiger partial charge in [0.1, 0.15) is 12.9 Å². The van der Waals surface area contributed by atoms with Crippen LogP contribution in [-0.4, -0.2) is 18.9 Å². The molecule has 0 saturated carbocycles. The van der Waals surface area contributed by atoms with E-state index in [-0.39, 0.29) is 12.6 Å². The fourth-order valence-corrected chi connectivity index (χ4v) is 0.749. The molecule has 0 radical (unpaired) electrons. The number of allylic oxidation sites excluding steroid dienone is 5. The Balaban J connectivity index is 4.06. The molecule has 0 aromatic rings. The maximum atomic E-state index is 10.4. The monoisotopic (exact) mass is 208 g/mol. The first kappa shape index (κ1) is 13.4. The molecule has 0 aliphatic heterocycles. The molecule has 0 aliphatic rings. The van der Waals surface area contributed by atoms with Crippen molar-refractivity contribution in [3.05, 3.63) is 35.5 Å². The van der Waals surface area contributed by atoms with Gasteiger partial charge < -0.3 is 4.74 Å². The smallest absolute Gasteiger partial charge is 0.302 e. The number of hydrogen-bond acceptors (Lipinski definition) is 3. The molecule has 0 atom stereocenters. The summed E-state index contributed by atoms with van der Waals surface area (Å²) in [6.45, 7) is 5.27. The standard InChI is InChI=1S/C12H16O3/c1-10(7-8-15-12(3)14)5-4-6-11(2)9-13/h4-7,9H,8H2,1-3H3/b5-4+,10-7+,11-6+. The van der Waals surface area contributed by atoms with E-state index in [4.69, 9.17) is 4.74 Å². The van der Waals surface area contributed by atoms with Crippen LogP contribution in [-0.2, 0) is 14.3 Å². The van der Waals surface area contributed by atoms with E-state index in [0.717, 1.165) is 11.9 Å². The normalized spacial score (nSPS) is 13.0. The molecule has 0 aromatic carbocycles. The molecule has 0 rings (SSSR count). The summed E-state index contributed by atoms with van der Waals surface area (Å²) in [6.07, 6.45) is 7.93. The molecule has 0 aliphatic carbocycles. The molecule has 0 spiro atoms. The third kappa shape index (κ3) is 8.68. The molecule has 82 valence electrons. The van der Waals surface area contributed by atoms with E-state index in [0.29, 0.717) is 5.57 Å². The second-order valence-electron chi connectivity index (χ2n) is 3.14. The topological polar surface area (TPSA) is 43.4 Å². The Morgan fingerprint density at radius 1 is 1.20 bits per heavy atom. The maximum Gasteiger partial charge on any atom is 0.302 e. The Kier molecular flexibility index (Phi) is 6.89. The number of carbonyl (C=O) groups is 2. The van der Waals surface area contributed by atoms with Gasteiger partial charge in [-0.15, -0.1) is 0 Å². The zero-order valence-corrected chi connectivity index (χ0v) is 9.32. The van der Waals surface area contributed by atoms with Crippen LogP contribution in [0.25, 0.3) is 0 Å². The summed E-state index contributed by atoms with van der Waals surface area (Å²) in [4.78, 5) is 20.7. The minimum atomic E-state index is -0.292. The minimum absolute atomic E-state index is 0.280. The summed E-state index contributed by atoms with van der Waals surface area (Å²) < 4.78 is 4.74. The molecule has 0 fully saturated rings. The Labute approximate surface area is 90.1 Å². The molecule has 15 heavy (non-hydrogen) atoms. The van der Waals surface area contributed by atoms with Gasteiger partial charge in [-0.3, -0.25) is 9.59 Å². The predicted molar refractivity (Wildman–Crippen MR) is 59.4 cm³/mol. The van der Waals surface area contributed by atoms with Gasteiger partial charge in [-0.2, -0.15) is 0 Å². The zero-order chi connectivity index (χ0) is 11.7. The number of ether oxygens (including phenoxy) is 1. The summed E-state index contributed by atoms with van der Waals surface area (Å²) in [5.41, 5.74) is 1.64. The first-order chi connectivity index (χ1) is 7.06. The molecule has 3 heteroatoms. The van der Waals surface area contributed by atoms with Gasteiger partial charge in [0.05, 0.1) is 0 Å². The fourth-order valence-electron chi connectivity index (χ4n) is 0.749. The van der Waals surface area contributed by atoms with Crippen molar-refractivity contribution in [3.63, 3.8) is 0 Å². The van der Waals surface area contributed by atoms with E-state index >= 15 is 0 Å². The van der Waals surface area contributed by atoms with Crippen molar-refractivity contribution in [1.29, 1.82) is 0 Å². The zero-order valence-electron chi connectivity index (χ0n) is 9.32. The van der Waals surface area contributed by atoms with Crippen LogP contribution in [0.1, 0.15) is 20.8 Å². The highest BCUT2D eigenvalue weighted by Crippen LogP contribution is 1.97. The average Bonchev–Trinajstić information content (AvgIpc) is 2.17. The van der Waals surface area contributed by atoms with Crippen molar-refractivity contribution < 1.29 is 14.3 Å². The van der Waals surface area contributed by atoms with Crippen molar-refractivity contribution in [2.75, 3.05) is 6.61 Å². The van der Waals surface area contributed by atoms with Gasteiger partial charge in [0.15, 0.2) is 0 Å².